The number of nitrogens with one attached hydrogen (secondary N) is 2. The Balaban J connectivity index is 2.02. The minimum absolute atomic E-state index is 0.0358. The van der Waals surface area contributed by atoms with Gasteiger partial charge in [-0.25, -0.2) is 4.39 Å². The molecule has 92 valence electrons. The van der Waals surface area contributed by atoms with E-state index in [1.54, 1.807) is 6.07 Å². The molecule has 0 aliphatic carbocycles. The van der Waals surface area contributed by atoms with E-state index in [0.29, 0.717) is 5.02 Å². The fourth-order valence-electron chi connectivity index (χ4n) is 1.91. The van der Waals surface area contributed by atoms with E-state index in [2.05, 4.69) is 10.6 Å². The van der Waals surface area contributed by atoms with Crippen molar-refractivity contribution >= 4 is 23.2 Å². The second-order valence-electron chi connectivity index (χ2n) is 4.14. The summed E-state index contributed by atoms with van der Waals surface area (Å²) in [4.78, 5) is 11.9. The Morgan fingerprint density at radius 1 is 1.41 bits per heavy atom. The molecule has 1 aromatic rings. The average molecular weight is 257 g/mol. The van der Waals surface area contributed by atoms with Crippen LogP contribution in [-0.2, 0) is 4.79 Å². The normalized spacial score (nSPS) is 16.8. The van der Waals surface area contributed by atoms with Crippen LogP contribution in [0.4, 0.5) is 10.1 Å². The molecule has 0 spiro atoms. The lowest BCUT2D eigenvalue weighted by molar-refractivity contribution is -0.120. The van der Waals surface area contributed by atoms with Crippen LogP contribution in [0.3, 0.4) is 0 Å². The highest BCUT2D eigenvalue weighted by Gasteiger charge is 2.21. The van der Waals surface area contributed by atoms with Crippen LogP contribution in [-0.4, -0.2) is 19.0 Å². The van der Waals surface area contributed by atoms with E-state index < -0.39 is 5.82 Å². The van der Waals surface area contributed by atoms with Gasteiger partial charge >= 0.3 is 0 Å². The molecule has 1 heterocycles. The number of benzene rings is 1. The van der Waals surface area contributed by atoms with E-state index in [9.17, 15) is 9.18 Å². The molecule has 1 amide bonds. The molecule has 0 saturated carbocycles. The van der Waals surface area contributed by atoms with Crippen molar-refractivity contribution in [2.75, 3.05) is 18.4 Å². The SMILES string of the molecule is O=C(Nc1ccc(Cl)cc1F)C1CCNCC1. The lowest BCUT2D eigenvalue weighted by atomic mass is 9.97. The third-order valence-electron chi connectivity index (χ3n) is 2.90. The highest BCUT2D eigenvalue weighted by molar-refractivity contribution is 6.30. The minimum Gasteiger partial charge on any atom is -0.323 e. The van der Waals surface area contributed by atoms with Crippen molar-refractivity contribution in [3.8, 4) is 0 Å². The molecule has 0 radical (unpaired) electrons. The summed E-state index contributed by atoms with van der Waals surface area (Å²) in [7, 11) is 0. The van der Waals surface area contributed by atoms with Crippen molar-refractivity contribution in [3.63, 3.8) is 0 Å². The van der Waals surface area contributed by atoms with E-state index in [4.69, 9.17) is 11.6 Å². The quantitative estimate of drug-likeness (QED) is 0.853. The summed E-state index contributed by atoms with van der Waals surface area (Å²) in [6.07, 6.45) is 1.59. The molecule has 1 aliphatic heterocycles. The van der Waals surface area contributed by atoms with Crippen LogP contribution in [0, 0.1) is 11.7 Å². The fourth-order valence-corrected chi connectivity index (χ4v) is 2.07. The molecule has 1 saturated heterocycles. The Hall–Kier alpha value is -1.13. The van der Waals surface area contributed by atoms with Gasteiger partial charge in [-0.05, 0) is 44.1 Å². The van der Waals surface area contributed by atoms with Crippen molar-refractivity contribution < 1.29 is 9.18 Å². The Bertz CT molecular complexity index is 419. The molecule has 3 nitrogen and oxygen atoms in total. The van der Waals surface area contributed by atoms with Crippen LogP contribution in [0.5, 0.6) is 0 Å². The predicted octanol–water partition coefficient (Wildman–Crippen LogP) is 2.42. The van der Waals surface area contributed by atoms with E-state index in [1.807, 2.05) is 0 Å². The summed E-state index contributed by atoms with van der Waals surface area (Å²) in [5.41, 5.74) is 0.193. The first-order chi connectivity index (χ1) is 8.16. The van der Waals surface area contributed by atoms with E-state index in [0.717, 1.165) is 25.9 Å². The zero-order chi connectivity index (χ0) is 12.3. The summed E-state index contributed by atoms with van der Waals surface area (Å²) in [6, 6.07) is 4.24. The number of piperidine rings is 1. The van der Waals surface area contributed by atoms with Crippen LogP contribution in [0.2, 0.25) is 5.02 Å². The molecule has 1 aromatic carbocycles. The molecule has 2 N–H and O–H groups in total. The Morgan fingerprint density at radius 2 is 2.12 bits per heavy atom. The standard InChI is InChI=1S/C12H14ClFN2O/c13-9-1-2-11(10(14)7-9)16-12(17)8-3-5-15-6-4-8/h1-2,7-8,15H,3-6H2,(H,16,17). The van der Waals surface area contributed by atoms with Gasteiger partial charge in [0.1, 0.15) is 5.82 Å². The summed E-state index contributed by atoms with van der Waals surface area (Å²) in [5.74, 6) is -0.654. The van der Waals surface area contributed by atoms with Gasteiger partial charge in [0.25, 0.3) is 0 Å². The number of carbonyl (C=O) groups excluding carboxylic acids is 1. The van der Waals surface area contributed by atoms with E-state index >= 15 is 0 Å². The molecule has 17 heavy (non-hydrogen) atoms. The van der Waals surface area contributed by atoms with Crippen LogP contribution in [0.25, 0.3) is 0 Å². The number of halogens is 2. The Kier molecular flexibility index (Phi) is 3.97. The second-order valence-corrected chi connectivity index (χ2v) is 4.57. The monoisotopic (exact) mass is 256 g/mol. The van der Waals surface area contributed by atoms with Crippen molar-refractivity contribution in [2.45, 2.75) is 12.8 Å². The first kappa shape index (κ1) is 12.3. The third-order valence-corrected chi connectivity index (χ3v) is 3.13. The lowest BCUT2D eigenvalue weighted by Gasteiger charge is -2.21. The molecule has 2 rings (SSSR count). The number of hydrogen-bond donors (Lipinski definition) is 2. The van der Waals surface area contributed by atoms with Crippen LogP contribution in [0.1, 0.15) is 12.8 Å². The van der Waals surface area contributed by atoms with Gasteiger partial charge < -0.3 is 10.6 Å². The summed E-state index contributed by atoms with van der Waals surface area (Å²) >= 11 is 5.64. The predicted molar refractivity (Wildman–Crippen MR) is 65.6 cm³/mol. The van der Waals surface area contributed by atoms with E-state index in [-0.39, 0.29) is 17.5 Å². The van der Waals surface area contributed by atoms with Gasteiger partial charge in [-0.3, -0.25) is 4.79 Å². The molecule has 1 aliphatic rings. The van der Waals surface area contributed by atoms with Crippen LogP contribution in [0.15, 0.2) is 18.2 Å². The number of hydrogen-bond acceptors (Lipinski definition) is 2. The molecule has 0 aromatic heterocycles. The second kappa shape index (κ2) is 5.47. The topological polar surface area (TPSA) is 41.1 Å². The molecular formula is C12H14ClFN2O. The zero-order valence-corrected chi connectivity index (χ0v) is 10.1. The number of amides is 1. The largest absolute Gasteiger partial charge is 0.323 e. The number of anilines is 1. The third kappa shape index (κ3) is 3.17. The van der Waals surface area contributed by atoms with Crippen molar-refractivity contribution in [1.29, 1.82) is 0 Å². The summed E-state index contributed by atoms with van der Waals surface area (Å²) in [5, 5.41) is 6.11. The van der Waals surface area contributed by atoms with Crippen LogP contribution < -0.4 is 10.6 Å². The van der Waals surface area contributed by atoms with E-state index in [1.165, 1.54) is 12.1 Å². The maximum Gasteiger partial charge on any atom is 0.227 e. The highest BCUT2D eigenvalue weighted by Crippen LogP contribution is 2.21. The van der Waals surface area contributed by atoms with Gasteiger partial charge in [0.2, 0.25) is 5.91 Å². The molecule has 0 unspecified atom stereocenters. The Labute approximate surface area is 104 Å². The van der Waals surface area contributed by atoms with Crippen LogP contribution >= 0.6 is 11.6 Å². The number of carbonyl (C=O) groups is 1. The van der Waals surface area contributed by atoms with Gasteiger partial charge in [0.05, 0.1) is 5.69 Å². The Morgan fingerprint density at radius 3 is 2.76 bits per heavy atom. The zero-order valence-electron chi connectivity index (χ0n) is 9.30. The maximum atomic E-state index is 13.5. The smallest absolute Gasteiger partial charge is 0.227 e. The van der Waals surface area contributed by atoms with Gasteiger partial charge in [-0.2, -0.15) is 0 Å². The lowest BCUT2D eigenvalue weighted by Crippen LogP contribution is -2.34. The summed E-state index contributed by atoms with van der Waals surface area (Å²) < 4.78 is 13.5. The fraction of sp³-hybridized carbons (Fsp3) is 0.417. The number of rotatable bonds is 2. The van der Waals surface area contributed by atoms with Crippen molar-refractivity contribution in [3.05, 3.63) is 29.0 Å². The minimum atomic E-state index is -0.500. The molecular weight excluding hydrogens is 243 g/mol. The molecule has 0 bridgehead atoms. The van der Waals surface area contributed by atoms with Crippen molar-refractivity contribution in [1.82, 2.24) is 5.32 Å². The van der Waals surface area contributed by atoms with Gasteiger partial charge in [0, 0.05) is 10.9 Å². The first-order valence-electron chi connectivity index (χ1n) is 5.63. The van der Waals surface area contributed by atoms with Gasteiger partial charge in [-0.1, -0.05) is 11.6 Å². The molecule has 1 fully saturated rings. The molecule has 0 atom stereocenters. The highest BCUT2D eigenvalue weighted by atomic mass is 35.5. The first-order valence-corrected chi connectivity index (χ1v) is 6.01. The average Bonchev–Trinajstić information content (AvgIpc) is 2.34. The van der Waals surface area contributed by atoms with Gasteiger partial charge in [0.15, 0.2) is 0 Å². The molecule has 5 heteroatoms. The van der Waals surface area contributed by atoms with Crippen molar-refractivity contribution in [2.24, 2.45) is 5.92 Å². The summed E-state index contributed by atoms with van der Waals surface area (Å²) in [6.45, 7) is 1.67. The maximum absolute atomic E-state index is 13.5. The van der Waals surface area contributed by atoms with Gasteiger partial charge in [-0.15, -0.1) is 0 Å².